The lowest BCUT2D eigenvalue weighted by Gasteiger charge is -2.40. The predicted molar refractivity (Wildman–Crippen MR) is 60.9 cm³/mol. The number of benzene rings is 1. The molecule has 0 heterocycles. The average molecular weight is 410 g/mol. The lowest BCUT2D eigenvalue weighted by Crippen LogP contribution is -2.69. The molecule has 13 heteroatoms. The summed E-state index contributed by atoms with van der Waals surface area (Å²) in [5.74, 6) is -36.9. The van der Waals surface area contributed by atoms with Crippen LogP contribution in [0.15, 0.2) is 24.3 Å². The first-order valence-corrected chi connectivity index (χ1v) is 6.28. The third-order valence-corrected chi connectivity index (χ3v) is 3.42. The third kappa shape index (κ3) is 2.79. The summed E-state index contributed by atoms with van der Waals surface area (Å²) < 4.78 is 169. The van der Waals surface area contributed by atoms with E-state index in [1.807, 2.05) is 0 Å². The van der Waals surface area contributed by atoms with E-state index < -0.39 is 46.9 Å². The predicted octanol–water partition coefficient (Wildman–Crippen LogP) is 6.19. The lowest BCUT2D eigenvalue weighted by molar-refractivity contribution is -0.441. The van der Waals surface area contributed by atoms with Crippen LogP contribution in [0.4, 0.5) is 57.1 Å². The van der Waals surface area contributed by atoms with Crippen molar-refractivity contribution in [2.75, 3.05) is 0 Å². The summed E-state index contributed by atoms with van der Waals surface area (Å²) in [6.45, 7) is 0.680. The Morgan fingerprint density at radius 2 is 0.923 bits per heavy atom. The zero-order valence-corrected chi connectivity index (χ0v) is 12.2. The fourth-order valence-corrected chi connectivity index (χ4v) is 1.86. The minimum absolute atomic E-state index is 0.110. The molecular formula is C13H7F13. The van der Waals surface area contributed by atoms with Gasteiger partial charge in [0.25, 0.3) is 0 Å². The molecule has 0 nitrogen and oxygen atoms in total. The summed E-state index contributed by atoms with van der Waals surface area (Å²) in [6.07, 6.45) is -7.41. The van der Waals surface area contributed by atoms with E-state index in [0.717, 1.165) is 6.07 Å². The molecule has 26 heavy (non-hydrogen) atoms. The third-order valence-electron chi connectivity index (χ3n) is 3.42. The largest absolute Gasteiger partial charge is 0.460 e. The van der Waals surface area contributed by atoms with Crippen LogP contribution < -0.4 is 0 Å². The summed E-state index contributed by atoms with van der Waals surface area (Å²) in [7, 11) is 0. The Hall–Kier alpha value is -1.69. The van der Waals surface area contributed by atoms with Gasteiger partial charge >= 0.3 is 35.8 Å². The molecule has 1 rings (SSSR count). The van der Waals surface area contributed by atoms with Crippen molar-refractivity contribution in [3.63, 3.8) is 0 Å². The lowest BCUT2D eigenvalue weighted by atomic mass is 9.89. The smallest absolute Gasteiger partial charge is 0.194 e. The zero-order valence-electron chi connectivity index (χ0n) is 12.2. The fourth-order valence-electron chi connectivity index (χ4n) is 1.86. The number of hydrogen-bond acceptors (Lipinski definition) is 0. The van der Waals surface area contributed by atoms with Crippen molar-refractivity contribution in [1.82, 2.24) is 0 Å². The van der Waals surface area contributed by atoms with Gasteiger partial charge in [0.05, 0.1) is 0 Å². The van der Waals surface area contributed by atoms with Crippen LogP contribution >= 0.6 is 0 Å². The van der Waals surface area contributed by atoms with E-state index in [4.69, 9.17) is 0 Å². The Morgan fingerprint density at radius 1 is 0.538 bits per heavy atom. The minimum atomic E-state index is -7.88. The molecule has 0 aromatic heterocycles. The Bertz CT molecular complexity index is 656. The van der Waals surface area contributed by atoms with E-state index in [1.54, 1.807) is 0 Å². The molecule has 0 N–H and O–H groups in total. The van der Waals surface area contributed by atoms with Gasteiger partial charge in [-0.2, -0.15) is 57.1 Å². The molecule has 0 bridgehead atoms. The molecule has 0 unspecified atom stereocenters. The van der Waals surface area contributed by atoms with E-state index in [1.165, 1.54) is 0 Å². The highest BCUT2D eigenvalue weighted by Crippen LogP contribution is 2.62. The minimum Gasteiger partial charge on any atom is -0.194 e. The molecule has 1 aromatic carbocycles. The van der Waals surface area contributed by atoms with Crippen LogP contribution in [0.5, 0.6) is 0 Å². The van der Waals surface area contributed by atoms with E-state index in [0.29, 0.717) is 19.1 Å². The van der Waals surface area contributed by atoms with Crippen LogP contribution in [0.25, 0.3) is 0 Å². The second-order valence-electron chi connectivity index (χ2n) is 5.18. The quantitative estimate of drug-likeness (QED) is 0.508. The number of halogens is 13. The van der Waals surface area contributed by atoms with Gasteiger partial charge in [-0.05, 0) is 12.5 Å². The highest BCUT2D eigenvalue weighted by molar-refractivity contribution is 5.33. The van der Waals surface area contributed by atoms with Gasteiger partial charge in [-0.1, -0.05) is 24.3 Å². The van der Waals surface area contributed by atoms with E-state index >= 15 is 0 Å². The average Bonchev–Trinajstić information content (AvgIpc) is 2.45. The van der Waals surface area contributed by atoms with Crippen LogP contribution in [-0.2, 0) is 5.92 Å². The van der Waals surface area contributed by atoms with Gasteiger partial charge in [0.2, 0.25) is 0 Å². The van der Waals surface area contributed by atoms with E-state index in [9.17, 15) is 57.1 Å². The Balaban J connectivity index is 3.61. The molecule has 0 radical (unpaired) electrons. The molecule has 0 saturated carbocycles. The molecule has 0 atom stereocenters. The Kier molecular flexibility index (Phi) is 5.08. The Morgan fingerprint density at radius 3 is 1.31 bits per heavy atom. The van der Waals surface area contributed by atoms with Gasteiger partial charge in [-0.15, -0.1) is 0 Å². The Labute approximate surface area is 136 Å². The van der Waals surface area contributed by atoms with Gasteiger partial charge in [0.15, 0.2) is 0 Å². The number of aryl methyl sites for hydroxylation is 1. The zero-order chi connectivity index (χ0) is 21.0. The second kappa shape index (κ2) is 5.91. The standard InChI is InChI=1S/C13H7F13/c1-6-4-2-3-5-7(6)8(14,15)9(16,17)10(18,19)11(20,21)12(22,23)13(24,25)26/h2-5H,1H3. The van der Waals surface area contributed by atoms with Gasteiger partial charge < -0.3 is 0 Å². The maximum absolute atomic E-state index is 13.8. The first-order valence-electron chi connectivity index (χ1n) is 6.28. The normalized spacial score (nSPS) is 15.3. The van der Waals surface area contributed by atoms with Crippen molar-refractivity contribution in [2.24, 2.45) is 0 Å². The van der Waals surface area contributed by atoms with Crippen molar-refractivity contribution in [3.05, 3.63) is 35.4 Å². The SMILES string of the molecule is Cc1ccccc1C(F)(F)C(F)(F)C(F)(F)C(F)(F)C(F)(F)C(F)(F)F. The van der Waals surface area contributed by atoms with Gasteiger partial charge in [0.1, 0.15) is 0 Å². The topological polar surface area (TPSA) is 0 Å². The van der Waals surface area contributed by atoms with E-state index in [-0.39, 0.29) is 6.07 Å². The van der Waals surface area contributed by atoms with Gasteiger partial charge in [0, 0.05) is 5.56 Å². The maximum atomic E-state index is 13.8. The molecule has 0 aliphatic heterocycles. The number of alkyl halides is 13. The molecule has 0 saturated heterocycles. The monoisotopic (exact) mass is 410 g/mol. The molecule has 0 fully saturated rings. The fraction of sp³-hybridized carbons (Fsp3) is 0.538. The van der Waals surface area contributed by atoms with Crippen molar-refractivity contribution in [1.29, 1.82) is 0 Å². The molecule has 0 aliphatic carbocycles. The van der Waals surface area contributed by atoms with Crippen LogP contribution in [0.1, 0.15) is 11.1 Å². The number of rotatable bonds is 5. The summed E-state index contributed by atoms with van der Waals surface area (Å²) >= 11 is 0. The van der Waals surface area contributed by atoms with Crippen LogP contribution in [0, 0.1) is 6.92 Å². The summed E-state index contributed by atoms with van der Waals surface area (Å²) in [6, 6.07) is 2.38. The van der Waals surface area contributed by atoms with Gasteiger partial charge in [-0.25, -0.2) is 0 Å². The highest BCUT2D eigenvalue weighted by atomic mass is 19.4. The summed E-state index contributed by atoms with van der Waals surface area (Å²) in [5, 5.41) is 0. The first-order chi connectivity index (χ1) is 11.3. The molecule has 0 amide bonds. The van der Waals surface area contributed by atoms with Crippen LogP contribution in [-0.4, -0.2) is 29.9 Å². The molecule has 1 aromatic rings. The van der Waals surface area contributed by atoms with Crippen molar-refractivity contribution in [3.8, 4) is 0 Å². The second-order valence-corrected chi connectivity index (χ2v) is 5.18. The molecule has 150 valence electrons. The first kappa shape index (κ1) is 22.4. The van der Waals surface area contributed by atoms with Crippen LogP contribution in [0.2, 0.25) is 0 Å². The van der Waals surface area contributed by atoms with Crippen molar-refractivity contribution in [2.45, 2.75) is 42.7 Å². The van der Waals surface area contributed by atoms with E-state index in [2.05, 4.69) is 0 Å². The van der Waals surface area contributed by atoms with Crippen molar-refractivity contribution >= 4 is 0 Å². The van der Waals surface area contributed by atoms with Gasteiger partial charge in [-0.3, -0.25) is 0 Å². The summed E-state index contributed by atoms with van der Waals surface area (Å²) in [4.78, 5) is 0. The molecule has 0 spiro atoms. The maximum Gasteiger partial charge on any atom is 0.460 e. The number of hydrogen-bond donors (Lipinski definition) is 0. The van der Waals surface area contributed by atoms with Crippen LogP contribution in [0.3, 0.4) is 0 Å². The molecule has 0 aliphatic rings. The highest BCUT2D eigenvalue weighted by Gasteiger charge is 2.90. The van der Waals surface area contributed by atoms with Crippen molar-refractivity contribution < 1.29 is 57.1 Å². The summed E-state index contributed by atoms with van der Waals surface area (Å²) in [5.41, 5.74) is -2.77. The molecular weight excluding hydrogens is 403 g/mol.